The minimum atomic E-state index is -0.326. The number of nitrogens with zero attached hydrogens (tertiary/aromatic N) is 1. The molecule has 0 fully saturated rings. The highest BCUT2D eigenvalue weighted by atomic mass is 19.1. The Morgan fingerprint density at radius 3 is 2.88 bits per heavy atom. The summed E-state index contributed by atoms with van der Waals surface area (Å²) in [5.74, 6) is -0.326. The van der Waals surface area contributed by atoms with E-state index in [1.165, 1.54) is 6.07 Å². The monoisotopic (exact) mass is 236 g/mol. The van der Waals surface area contributed by atoms with Crippen LogP contribution in [0.3, 0.4) is 0 Å². The summed E-state index contributed by atoms with van der Waals surface area (Å²) in [6.45, 7) is 2.08. The fraction of sp³-hybridized carbons (Fsp3) is 0.462. The molecule has 0 atom stereocenters. The second kappa shape index (κ2) is 7.77. The van der Waals surface area contributed by atoms with E-state index in [0.29, 0.717) is 17.7 Å². The van der Waals surface area contributed by atoms with E-state index in [-0.39, 0.29) is 5.82 Å². The molecule has 0 saturated carbocycles. The van der Waals surface area contributed by atoms with Crippen LogP contribution in [-0.4, -0.2) is 20.3 Å². The number of nitrogens with one attached hydrogen (secondary N) is 1. The number of benzene rings is 1. The van der Waals surface area contributed by atoms with Crippen LogP contribution in [0.4, 0.5) is 4.39 Å². The van der Waals surface area contributed by atoms with Crippen molar-refractivity contribution in [2.45, 2.75) is 19.4 Å². The van der Waals surface area contributed by atoms with Gasteiger partial charge in [-0.2, -0.15) is 5.26 Å². The SMILES string of the molecule is COCCCCNCc1ccc(C#N)cc1F. The number of halogens is 1. The molecule has 1 N–H and O–H groups in total. The highest BCUT2D eigenvalue weighted by Gasteiger charge is 2.02. The smallest absolute Gasteiger partial charge is 0.129 e. The number of ether oxygens (including phenoxy) is 1. The molecule has 0 radical (unpaired) electrons. The van der Waals surface area contributed by atoms with Crippen molar-refractivity contribution >= 4 is 0 Å². The number of rotatable bonds is 7. The number of unbranched alkanes of at least 4 members (excludes halogenated alkanes) is 1. The van der Waals surface area contributed by atoms with E-state index < -0.39 is 0 Å². The molecule has 0 saturated heterocycles. The summed E-state index contributed by atoms with van der Waals surface area (Å²) in [5.41, 5.74) is 0.946. The molecule has 3 nitrogen and oxygen atoms in total. The zero-order chi connectivity index (χ0) is 12.5. The lowest BCUT2D eigenvalue weighted by Crippen LogP contribution is -2.16. The first-order chi connectivity index (χ1) is 8.27. The summed E-state index contributed by atoms with van der Waals surface area (Å²) in [6, 6.07) is 6.46. The molecule has 0 unspecified atom stereocenters. The van der Waals surface area contributed by atoms with E-state index >= 15 is 0 Å². The standard InChI is InChI=1S/C13H17FN2O/c1-17-7-3-2-6-16-10-12-5-4-11(9-15)8-13(12)14/h4-5,8,16H,2-3,6-7,10H2,1H3. The maximum Gasteiger partial charge on any atom is 0.129 e. The molecule has 0 spiro atoms. The third-order valence-corrected chi connectivity index (χ3v) is 2.45. The number of methoxy groups -OCH3 is 1. The van der Waals surface area contributed by atoms with Gasteiger partial charge in [0.1, 0.15) is 5.82 Å². The summed E-state index contributed by atoms with van der Waals surface area (Å²) in [7, 11) is 1.68. The van der Waals surface area contributed by atoms with Crippen LogP contribution in [0.2, 0.25) is 0 Å². The van der Waals surface area contributed by atoms with Crippen molar-refractivity contribution in [3.05, 3.63) is 35.1 Å². The predicted octanol–water partition coefficient (Wildman–Crippen LogP) is 2.21. The Labute approximate surface area is 101 Å². The maximum atomic E-state index is 13.5. The molecule has 4 heteroatoms. The minimum absolute atomic E-state index is 0.326. The number of nitriles is 1. The van der Waals surface area contributed by atoms with Crippen LogP contribution in [0.25, 0.3) is 0 Å². The molecule has 92 valence electrons. The number of hydrogen-bond donors (Lipinski definition) is 1. The summed E-state index contributed by atoms with van der Waals surface area (Å²) in [5, 5.41) is 11.8. The second-order valence-corrected chi connectivity index (χ2v) is 3.79. The molecule has 0 aliphatic heterocycles. The van der Waals surface area contributed by atoms with Crippen LogP contribution in [0.15, 0.2) is 18.2 Å². The van der Waals surface area contributed by atoms with Crippen molar-refractivity contribution in [1.82, 2.24) is 5.32 Å². The highest BCUT2D eigenvalue weighted by molar-refractivity contribution is 5.32. The molecule has 1 rings (SSSR count). The molecule has 0 heterocycles. The van der Waals surface area contributed by atoms with Gasteiger partial charge in [0.2, 0.25) is 0 Å². The Morgan fingerprint density at radius 2 is 2.24 bits per heavy atom. The second-order valence-electron chi connectivity index (χ2n) is 3.79. The normalized spacial score (nSPS) is 10.2. The quantitative estimate of drug-likeness (QED) is 0.738. The van der Waals surface area contributed by atoms with Gasteiger partial charge in [-0.3, -0.25) is 0 Å². The van der Waals surface area contributed by atoms with Crippen LogP contribution in [0.1, 0.15) is 24.0 Å². The lowest BCUT2D eigenvalue weighted by molar-refractivity contribution is 0.192. The van der Waals surface area contributed by atoms with Crippen molar-refractivity contribution in [3.63, 3.8) is 0 Å². The molecule has 0 bridgehead atoms. The Balaban J connectivity index is 2.30. The van der Waals surface area contributed by atoms with E-state index in [2.05, 4.69) is 5.32 Å². The Kier molecular flexibility index (Phi) is 6.23. The van der Waals surface area contributed by atoms with Crippen molar-refractivity contribution in [3.8, 4) is 6.07 Å². The summed E-state index contributed by atoms with van der Waals surface area (Å²) >= 11 is 0. The van der Waals surface area contributed by atoms with Gasteiger partial charge in [0.25, 0.3) is 0 Å². The molecule has 0 amide bonds. The molecular formula is C13H17FN2O. The van der Waals surface area contributed by atoms with Gasteiger partial charge < -0.3 is 10.1 Å². The third kappa shape index (κ3) is 4.94. The van der Waals surface area contributed by atoms with E-state index in [9.17, 15) is 4.39 Å². The average Bonchev–Trinajstić information content (AvgIpc) is 2.35. The molecule has 1 aromatic carbocycles. The van der Waals surface area contributed by atoms with Crippen molar-refractivity contribution < 1.29 is 9.13 Å². The van der Waals surface area contributed by atoms with Crippen molar-refractivity contribution in [2.75, 3.05) is 20.3 Å². The average molecular weight is 236 g/mol. The van der Waals surface area contributed by atoms with Crippen LogP contribution in [-0.2, 0) is 11.3 Å². The fourth-order valence-electron chi connectivity index (χ4n) is 1.48. The fourth-order valence-corrected chi connectivity index (χ4v) is 1.48. The maximum absolute atomic E-state index is 13.5. The largest absolute Gasteiger partial charge is 0.385 e. The number of hydrogen-bond acceptors (Lipinski definition) is 3. The van der Waals surface area contributed by atoms with Gasteiger partial charge in [0.15, 0.2) is 0 Å². The summed E-state index contributed by atoms with van der Waals surface area (Å²) in [4.78, 5) is 0. The minimum Gasteiger partial charge on any atom is -0.385 e. The van der Waals surface area contributed by atoms with Crippen LogP contribution in [0.5, 0.6) is 0 Å². The first-order valence-corrected chi connectivity index (χ1v) is 5.66. The van der Waals surface area contributed by atoms with E-state index in [1.54, 1.807) is 19.2 Å². The topological polar surface area (TPSA) is 45.0 Å². The zero-order valence-electron chi connectivity index (χ0n) is 10.0. The van der Waals surface area contributed by atoms with Crippen LogP contribution >= 0.6 is 0 Å². The molecule has 0 aromatic heterocycles. The van der Waals surface area contributed by atoms with E-state index in [4.69, 9.17) is 10.00 Å². The molecule has 17 heavy (non-hydrogen) atoms. The predicted molar refractivity (Wildman–Crippen MR) is 63.9 cm³/mol. The van der Waals surface area contributed by atoms with Crippen molar-refractivity contribution in [2.24, 2.45) is 0 Å². The zero-order valence-corrected chi connectivity index (χ0v) is 10.0. The van der Waals surface area contributed by atoms with Gasteiger partial charge in [0, 0.05) is 25.8 Å². The Morgan fingerprint density at radius 1 is 1.41 bits per heavy atom. The van der Waals surface area contributed by atoms with Crippen LogP contribution < -0.4 is 5.32 Å². The summed E-state index contributed by atoms with van der Waals surface area (Å²) < 4.78 is 18.4. The lowest BCUT2D eigenvalue weighted by atomic mass is 10.1. The Bertz CT molecular complexity index is 387. The first kappa shape index (κ1) is 13.6. The first-order valence-electron chi connectivity index (χ1n) is 5.66. The summed E-state index contributed by atoms with van der Waals surface area (Å²) in [6.07, 6.45) is 2.01. The molecule has 1 aromatic rings. The lowest BCUT2D eigenvalue weighted by Gasteiger charge is -2.06. The van der Waals surface area contributed by atoms with Gasteiger partial charge in [-0.15, -0.1) is 0 Å². The van der Waals surface area contributed by atoms with Gasteiger partial charge >= 0.3 is 0 Å². The van der Waals surface area contributed by atoms with Crippen molar-refractivity contribution in [1.29, 1.82) is 5.26 Å². The van der Waals surface area contributed by atoms with Gasteiger partial charge in [-0.25, -0.2) is 4.39 Å². The van der Waals surface area contributed by atoms with Crippen LogP contribution in [0, 0.1) is 17.1 Å². The van der Waals surface area contributed by atoms with Gasteiger partial charge in [0.05, 0.1) is 11.6 Å². The molecular weight excluding hydrogens is 219 g/mol. The van der Waals surface area contributed by atoms with E-state index in [1.807, 2.05) is 6.07 Å². The van der Waals surface area contributed by atoms with E-state index in [0.717, 1.165) is 26.0 Å². The molecule has 0 aliphatic rings. The highest BCUT2D eigenvalue weighted by Crippen LogP contribution is 2.09. The third-order valence-electron chi connectivity index (χ3n) is 2.45. The molecule has 0 aliphatic carbocycles. The van der Waals surface area contributed by atoms with Gasteiger partial charge in [-0.1, -0.05) is 6.07 Å². The van der Waals surface area contributed by atoms with Gasteiger partial charge in [-0.05, 0) is 31.5 Å². The Hall–Kier alpha value is -1.44.